The lowest BCUT2D eigenvalue weighted by Gasteiger charge is -2.10. The molecule has 3 nitrogen and oxygen atoms in total. The molecule has 19 heavy (non-hydrogen) atoms. The van der Waals surface area contributed by atoms with Crippen molar-refractivity contribution in [3.05, 3.63) is 45.9 Å². The van der Waals surface area contributed by atoms with Crippen molar-refractivity contribution >= 4 is 11.3 Å². The number of rotatable bonds is 5. The predicted molar refractivity (Wildman–Crippen MR) is 75.6 cm³/mol. The number of aryl methyl sites for hydroxylation is 1. The molecule has 1 aromatic carbocycles. The van der Waals surface area contributed by atoms with Gasteiger partial charge < -0.3 is 9.84 Å². The van der Waals surface area contributed by atoms with Crippen molar-refractivity contribution in [3.8, 4) is 5.75 Å². The van der Waals surface area contributed by atoms with Crippen LogP contribution in [0, 0.1) is 6.92 Å². The highest BCUT2D eigenvalue weighted by Gasteiger charge is 2.23. The number of aromatic nitrogens is 1. The molecule has 1 heterocycles. The van der Waals surface area contributed by atoms with Crippen molar-refractivity contribution in [2.45, 2.75) is 38.4 Å². The first kappa shape index (κ1) is 12.6. The van der Waals surface area contributed by atoms with E-state index in [9.17, 15) is 5.11 Å². The van der Waals surface area contributed by atoms with Gasteiger partial charge in [0.05, 0.1) is 17.2 Å². The second-order valence-electron chi connectivity index (χ2n) is 4.99. The monoisotopic (exact) mass is 275 g/mol. The first-order chi connectivity index (χ1) is 9.20. The molecule has 0 aliphatic heterocycles. The number of aliphatic hydroxyl groups excluding tert-OH is 1. The van der Waals surface area contributed by atoms with Gasteiger partial charge >= 0.3 is 0 Å². The van der Waals surface area contributed by atoms with E-state index in [2.05, 4.69) is 4.98 Å². The van der Waals surface area contributed by atoms with E-state index >= 15 is 0 Å². The van der Waals surface area contributed by atoms with Crippen molar-refractivity contribution in [2.75, 3.05) is 0 Å². The third kappa shape index (κ3) is 3.33. The third-order valence-corrected chi connectivity index (χ3v) is 4.12. The Kier molecular flexibility index (Phi) is 3.53. The average molecular weight is 275 g/mol. The van der Waals surface area contributed by atoms with Gasteiger partial charge in [-0.15, -0.1) is 11.3 Å². The molecule has 0 amide bonds. The summed E-state index contributed by atoms with van der Waals surface area (Å²) in [4.78, 5) is 4.38. The van der Waals surface area contributed by atoms with Gasteiger partial charge in [-0.1, -0.05) is 12.1 Å². The molecule has 1 aromatic heterocycles. The van der Waals surface area contributed by atoms with Gasteiger partial charge in [0.25, 0.3) is 0 Å². The smallest absolute Gasteiger partial charge is 0.119 e. The maximum atomic E-state index is 10.2. The predicted octanol–water partition coefficient (Wildman–Crippen LogP) is 3.27. The Morgan fingerprint density at radius 2 is 2.11 bits per heavy atom. The van der Waals surface area contributed by atoms with Gasteiger partial charge in [0, 0.05) is 17.5 Å². The molecule has 1 saturated carbocycles. The van der Waals surface area contributed by atoms with Crippen molar-refractivity contribution in [1.29, 1.82) is 0 Å². The Balaban J connectivity index is 1.63. The molecule has 1 aliphatic carbocycles. The minimum absolute atomic E-state index is 0.411. The van der Waals surface area contributed by atoms with Crippen molar-refractivity contribution < 1.29 is 9.84 Å². The summed E-state index contributed by atoms with van der Waals surface area (Å²) in [6.45, 7) is 1.97. The van der Waals surface area contributed by atoms with Gasteiger partial charge in [0.1, 0.15) is 5.75 Å². The zero-order chi connectivity index (χ0) is 13.2. The van der Waals surface area contributed by atoms with E-state index in [1.807, 2.05) is 36.6 Å². The van der Waals surface area contributed by atoms with Gasteiger partial charge in [-0.25, -0.2) is 4.98 Å². The van der Waals surface area contributed by atoms with Crippen LogP contribution in [0.1, 0.15) is 35.2 Å². The molecule has 1 N–H and O–H groups in total. The first-order valence-electron chi connectivity index (χ1n) is 6.56. The van der Waals surface area contributed by atoms with Crippen LogP contribution < -0.4 is 4.74 Å². The van der Waals surface area contributed by atoms with Gasteiger partial charge in [-0.05, 0) is 37.5 Å². The van der Waals surface area contributed by atoms with Crippen LogP contribution in [-0.2, 0) is 6.42 Å². The lowest BCUT2D eigenvalue weighted by atomic mass is 10.1. The number of hydrogen-bond acceptors (Lipinski definition) is 4. The lowest BCUT2D eigenvalue weighted by Crippen LogP contribution is -2.02. The SMILES string of the molecule is Cc1csc(CC(O)c2ccc(OC3CC3)cc2)n1. The summed E-state index contributed by atoms with van der Waals surface area (Å²) in [5.41, 5.74) is 1.93. The van der Waals surface area contributed by atoms with Gasteiger partial charge in [-0.2, -0.15) is 0 Å². The first-order valence-corrected chi connectivity index (χ1v) is 7.44. The fourth-order valence-electron chi connectivity index (χ4n) is 1.93. The second kappa shape index (κ2) is 5.31. The summed E-state index contributed by atoms with van der Waals surface area (Å²) < 4.78 is 5.69. The van der Waals surface area contributed by atoms with E-state index in [1.165, 1.54) is 0 Å². The number of nitrogens with zero attached hydrogens (tertiary/aromatic N) is 1. The normalized spacial score (nSPS) is 16.3. The highest BCUT2D eigenvalue weighted by atomic mass is 32.1. The summed E-state index contributed by atoms with van der Waals surface area (Å²) in [5.74, 6) is 0.892. The van der Waals surface area contributed by atoms with Crippen LogP contribution >= 0.6 is 11.3 Å². The Bertz CT molecular complexity index is 546. The van der Waals surface area contributed by atoms with Gasteiger partial charge in [0.2, 0.25) is 0 Å². The van der Waals surface area contributed by atoms with Crippen LogP contribution in [0.15, 0.2) is 29.6 Å². The van der Waals surface area contributed by atoms with Gasteiger partial charge in [0.15, 0.2) is 0 Å². The van der Waals surface area contributed by atoms with E-state index in [1.54, 1.807) is 11.3 Å². The number of ether oxygens (including phenoxy) is 1. The molecular formula is C15H17NO2S. The van der Waals surface area contributed by atoms with E-state index in [0.29, 0.717) is 12.5 Å². The van der Waals surface area contributed by atoms with E-state index < -0.39 is 6.10 Å². The molecule has 100 valence electrons. The minimum Gasteiger partial charge on any atom is -0.490 e. The molecule has 1 unspecified atom stereocenters. The molecule has 1 aliphatic rings. The molecule has 1 atom stereocenters. The molecule has 0 bridgehead atoms. The quantitative estimate of drug-likeness (QED) is 0.910. The molecule has 2 aromatic rings. The van der Waals surface area contributed by atoms with Crippen LogP contribution in [0.2, 0.25) is 0 Å². The molecular weight excluding hydrogens is 258 g/mol. The summed E-state index contributed by atoms with van der Waals surface area (Å²) >= 11 is 1.60. The van der Waals surface area contributed by atoms with Crippen LogP contribution in [0.25, 0.3) is 0 Å². The van der Waals surface area contributed by atoms with Crippen molar-refractivity contribution in [2.24, 2.45) is 0 Å². The lowest BCUT2D eigenvalue weighted by molar-refractivity contribution is 0.178. The second-order valence-corrected chi connectivity index (χ2v) is 5.93. The van der Waals surface area contributed by atoms with Crippen LogP contribution in [0.4, 0.5) is 0 Å². The van der Waals surface area contributed by atoms with E-state index in [4.69, 9.17) is 4.74 Å². The molecule has 0 saturated heterocycles. The summed E-state index contributed by atoms with van der Waals surface area (Å²) in [6.07, 6.45) is 2.80. The zero-order valence-electron chi connectivity index (χ0n) is 10.9. The van der Waals surface area contributed by atoms with E-state index in [-0.39, 0.29) is 0 Å². The Hall–Kier alpha value is -1.39. The number of benzene rings is 1. The third-order valence-electron chi connectivity index (χ3n) is 3.13. The topological polar surface area (TPSA) is 42.4 Å². The average Bonchev–Trinajstić information content (AvgIpc) is 3.12. The van der Waals surface area contributed by atoms with Gasteiger partial charge in [-0.3, -0.25) is 0 Å². The maximum absolute atomic E-state index is 10.2. The van der Waals surface area contributed by atoms with Crippen molar-refractivity contribution in [3.63, 3.8) is 0 Å². The fraction of sp³-hybridized carbons (Fsp3) is 0.400. The molecule has 0 spiro atoms. The summed E-state index contributed by atoms with van der Waals surface area (Å²) in [6, 6.07) is 7.74. The fourth-order valence-corrected chi connectivity index (χ4v) is 2.74. The van der Waals surface area contributed by atoms with Crippen LogP contribution in [0.3, 0.4) is 0 Å². The number of hydrogen-bond donors (Lipinski definition) is 1. The Morgan fingerprint density at radius 3 is 2.68 bits per heavy atom. The van der Waals surface area contributed by atoms with Crippen LogP contribution in [0.5, 0.6) is 5.75 Å². The Morgan fingerprint density at radius 1 is 1.37 bits per heavy atom. The molecule has 1 fully saturated rings. The molecule has 3 rings (SSSR count). The molecule has 0 radical (unpaired) electrons. The minimum atomic E-state index is -0.500. The zero-order valence-corrected chi connectivity index (χ0v) is 11.7. The maximum Gasteiger partial charge on any atom is 0.119 e. The van der Waals surface area contributed by atoms with Crippen molar-refractivity contribution in [1.82, 2.24) is 4.98 Å². The molecule has 4 heteroatoms. The van der Waals surface area contributed by atoms with Crippen LogP contribution in [-0.4, -0.2) is 16.2 Å². The van der Waals surface area contributed by atoms with E-state index in [0.717, 1.165) is 34.9 Å². The number of aliphatic hydroxyl groups is 1. The summed E-state index contributed by atoms with van der Waals surface area (Å²) in [5, 5.41) is 13.2. The Labute approximate surface area is 116 Å². The standard InChI is InChI=1S/C15H17NO2S/c1-10-9-19-15(16-10)8-14(17)11-2-4-12(5-3-11)18-13-6-7-13/h2-5,9,13-14,17H,6-8H2,1H3. The summed E-state index contributed by atoms with van der Waals surface area (Å²) in [7, 11) is 0. The highest BCUT2D eigenvalue weighted by molar-refractivity contribution is 7.09. The largest absolute Gasteiger partial charge is 0.490 e. The highest BCUT2D eigenvalue weighted by Crippen LogP contribution is 2.28. The number of thiazole rings is 1.